The molecule has 0 saturated heterocycles. The van der Waals surface area contributed by atoms with Gasteiger partial charge in [-0.3, -0.25) is 9.59 Å². The molecule has 1 unspecified atom stereocenters. The molecule has 1 rings (SSSR count). The summed E-state index contributed by atoms with van der Waals surface area (Å²) in [4.78, 5) is 23.3. The van der Waals surface area contributed by atoms with Crippen LogP contribution in [0.4, 0.5) is 4.39 Å². The SMILES string of the molecule is Cc1cc(C(=O)C(CC(=O)O)NC(C)(C)C)ccc1F. The second-order valence-corrected chi connectivity index (χ2v) is 5.87. The van der Waals surface area contributed by atoms with Gasteiger partial charge in [0.05, 0.1) is 12.5 Å². The molecular weight excluding hydrogens is 261 g/mol. The Kier molecular flexibility index (Phi) is 5.00. The van der Waals surface area contributed by atoms with Gasteiger partial charge in [-0.1, -0.05) is 0 Å². The van der Waals surface area contributed by atoms with E-state index in [0.29, 0.717) is 11.1 Å². The van der Waals surface area contributed by atoms with Gasteiger partial charge in [-0.2, -0.15) is 0 Å². The summed E-state index contributed by atoms with van der Waals surface area (Å²) in [7, 11) is 0. The Balaban J connectivity index is 3.02. The average Bonchev–Trinajstić information content (AvgIpc) is 2.28. The Hall–Kier alpha value is -1.75. The zero-order valence-electron chi connectivity index (χ0n) is 12.2. The minimum atomic E-state index is -1.06. The maximum absolute atomic E-state index is 13.2. The average molecular weight is 281 g/mol. The van der Waals surface area contributed by atoms with Crippen LogP contribution in [0.2, 0.25) is 0 Å². The van der Waals surface area contributed by atoms with Crippen molar-refractivity contribution < 1.29 is 19.1 Å². The second-order valence-electron chi connectivity index (χ2n) is 5.87. The number of carboxylic acids is 1. The molecule has 0 radical (unpaired) electrons. The van der Waals surface area contributed by atoms with Gasteiger partial charge in [-0.25, -0.2) is 4.39 Å². The molecule has 0 aliphatic rings. The van der Waals surface area contributed by atoms with Crippen LogP contribution in [0.1, 0.15) is 43.1 Å². The highest BCUT2D eigenvalue weighted by atomic mass is 19.1. The lowest BCUT2D eigenvalue weighted by Gasteiger charge is -2.27. The van der Waals surface area contributed by atoms with Gasteiger partial charge in [0.1, 0.15) is 5.82 Å². The molecule has 20 heavy (non-hydrogen) atoms. The number of aliphatic carboxylic acids is 1. The third-order valence-electron chi connectivity index (χ3n) is 2.74. The van der Waals surface area contributed by atoms with Gasteiger partial charge in [-0.15, -0.1) is 0 Å². The van der Waals surface area contributed by atoms with E-state index in [9.17, 15) is 14.0 Å². The largest absolute Gasteiger partial charge is 0.481 e. The second kappa shape index (κ2) is 6.13. The fourth-order valence-electron chi connectivity index (χ4n) is 1.91. The van der Waals surface area contributed by atoms with E-state index in [2.05, 4.69) is 5.32 Å². The van der Waals surface area contributed by atoms with Crippen LogP contribution < -0.4 is 5.32 Å². The van der Waals surface area contributed by atoms with Gasteiger partial charge in [-0.05, 0) is 51.5 Å². The van der Waals surface area contributed by atoms with Crippen molar-refractivity contribution in [2.24, 2.45) is 0 Å². The van der Waals surface area contributed by atoms with Gasteiger partial charge >= 0.3 is 5.97 Å². The van der Waals surface area contributed by atoms with E-state index in [0.717, 1.165) is 0 Å². The first-order chi connectivity index (χ1) is 9.10. The highest BCUT2D eigenvalue weighted by molar-refractivity contribution is 6.01. The highest BCUT2D eigenvalue weighted by Crippen LogP contribution is 2.14. The quantitative estimate of drug-likeness (QED) is 0.814. The number of hydrogen-bond donors (Lipinski definition) is 2. The normalized spacial score (nSPS) is 13.1. The Bertz CT molecular complexity index is 520. The van der Waals surface area contributed by atoms with Gasteiger partial charge in [0.2, 0.25) is 0 Å². The van der Waals surface area contributed by atoms with Crippen LogP contribution in [-0.2, 0) is 4.79 Å². The number of benzene rings is 1. The number of nitrogens with one attached hydrogen (secondary N) is 1. The number of carboxylic acid groups (broad SMARTS) is 1. The molecule has 0 fully saturated rings. The highest BCUT2D eigenvalue weighted by Gasteiger charge is 2.27. The Labute approximate surface area is 118 Å². The third-order valence-corrected chi connectivity index (χ3v) is 2.74. The summed E-state index contributed by atoms with van der Waals surface area (Å²) >= 11 is 0. The first-order valence-corrected chi connectivity index (χ1v) is 6.40. The maximum Gasteiger partial charge on any atom is 0.305 e. The van der Waals surface area contributed by atoms with Crippen LogP contribution in [0.15, 0.2) is 18.2 Å². The minimum Gasteiger partial charge on any atom is -0.481 e. The van der Waals surface area contributed by atoms with Crippen LogP contribution >= 0.6 is 0 Å². The van der Waals surface area contributed by atoms with Gasteiger partial charge in [0, 0.05) is 11.1 Å². The van der Waals surface area contributed by atoms with Crippen LogP contribution in [0.25, 0.3) is 0 Å². The Morgan fingerprint density at radius 1 is 1.35 bits per heavy atom. The topological polar surface area (TPSA) is 66.4 Å². The number of aryl methyl sites for hydroxylation is 1. The molecule has 1 atom stereocenters. The summed E-state index contributed by atoms with van der Waals surface area (Å²) in [6, 6.07) is 3.20. The molecule has 4 nitrogen and oxygen atoms in total. The number of carbonyl (C=O) groups excluding carboxylic acids is 1. The van der Waals surface area contributed by atoms with Crippen LogP contribution in [-0.4, -0.2) is 28.4 Å². The third kappa shape index (κ3) is 4.74. The molecule has 0 heterocycles. The fraction of sp³-hybridized carbons (Fsp3) is 0.467. The van der Waals surface area contributed by atoms with Gasteiger partial charge in [0.25, 0.3) is 0 Å². The van der Waals surface area contributed by atoms with E-state index in [1.165, 1.54) is 18.2 Å². The smallest absolute Gasteiger partial charge is 0.305 e. The summed E-state index contributed by atoms with van der Waals surface area (Å²) in [6.45, 7) is 7.12. The molecule has 2 N–H and O–H groups in total. The van der Waals surface area contributed by atoms with Crippen LogP contribution in [0.3, 0.4) is 0 Å². The van der Waals surface area contributed by atoms with E-state index in [1.54, 1.807) is 6.92 Å². The molecular formula is C15H20FNO3. The predicted molar refractivity (Wildman–Crippen MR) is 74.4 cm³/mol. The van der Waals surface area contributed by atoms with Gasteiger partial charge in [0.15, 0.2) is 5.78 Å². The molecule has 5 heteroatoms. The maximum atomic E-state index is 13.2. The summed E-state index contributed by atoms with van der Waals surface area (Å²) in [6.07, 6.45) is -0.313. The first kappa shape index (κ1) is 16.3. The van der Waals surface area contributed by atoms with Crippen molar-refractivity contribution in [2.45, 2.75) is 45.7 Å². The molecule has 0 bridgehead atoms. The Morgan fingerprint density at radius 2 is 1.95 bits per heavy atom. The van der Waals surface area contributed by atoms with E-state index in [4.69, 9.17) is 5.11 Å². The molecule has 110 valence electrons. The predicted octanol–water partition coefficient (Wildman–Crippen LogP) is 2.55. The standard InChI is InChI=1S/C15H20FNO3/c1-9-7-10(5-6-11(9)16)14(20)12(8-13(18)19)17-15(2,3)4/h5-7,12,17H,8H2,1-4H3,(H,18,19). The monoisotopic (exact) mass is 281 g/mol. The molecule has 1 aromatic rings. The van der Waals surface area contributed by atoms with Crippen molar-refractivity contribution in [3.8, 4) is 0 Å². The van der Waals surface area contributed by atoms with Crippen molar-refractivity contribution in [2.75, 3.05) is 0 Å². The summed E-state index contributed by atoms with van der Waals surface area (Å²) in [5.74, 6) is -1.79. The van der Waals surface area contributed by atoms with Crippen molar-refractivity contribution in [3.63, 3.8) is 0 Å². The zero-order valence-corrected chi connectivity index (χ0v) is 12.2. The lowest BCUT2D eigenvalue weighted by molar-refractivity contribution is -0.137. The number of Topliss-reactive ketones (excluding diaryl/α,β-unsaturated/α-hetero) is 1. The molecule has 0 spiro atoms. The van der Waals surface area contributed by atoms with E-state index in [-0.39, 0.29) is 18.0 Å². The lowest BCUT2D eigenvalue weighted by atomic mass is 9.97. The number of hydrogen-bond acceptors (Lipinski definition) is 3. The molecule has 0 aliphatic carbocycles. The zero-order chi connectivity index (χ0) is 15.5. The van der Waals surface area contributed by atoms with Crippen molar-refractivity contribution in [1.82, 2.24) is 5.32 Å². The van der Waals surface area contributed by atoms with Crippen molar-refractivity contribution in [1.29, 1.82) is 0 Å². The summed E-state index contributed by atoms with van der Waals surface area (Å²) in [5.41, 5.74) is 0.276. The number of ketones is 1. The minimum absolute atomic E-state index is 0.312. The lowest BCUT2D eigenvalue weighted by Crippen LogP contribution is -2.48. The molecule has 1 aromatic carbocycles. The van der Waals surface area contributed by atoms with E-state index >= 15 is 0 Å². The number of rotatable bonds is 5. The van der Waals surface area contributed by atoms with Crippen molar-refractivity contribution in [3.05, 3.63) is 35.1 Å². The van der Waals surface area contributed by atoms with E-state index in [1.807, 2.05) is 20.8 Å². The van der Waals surface area contributed by atoms with Crippen LogP contribution in [0, 0.1) is 12.7 Å². The van der Waals surface area contributed by atoms with Gasteiger partial charge < -0.3 is 10.4 Å². The molecule has 0 aliphatic heterocycles. The summed E-state index contributed by atoms with van der Waals surface area (Å²) in [5, 5.41) is 11.9. The molecule has 0 amide bonds. The van der Waals surface area contributed by atoms with E-state index < -0.39 is 17.6 Å². The molecule has 0 aromatic heterocycles. The van der Waals surface area contributed by atoms with Crippen molar-refractivity contribution >= 4 is 11.8 Å². The first-order valence-electron chi connectivity index (χ1n) is 6.40. The van der Waals surface area contributed by atoms with Crippen LogP contribution in [0.5, 0.6) is 0 Å². The Morgan fingerprint density at radius 3 is 2.40 bits per heavy atom. The fourth-order valence-corrected chi connectivity index (χ4v) is 1.91. The molecule has 0 saturated carbocycles. The number of carbonyl (C=O) groups is 2. The summed E-state index contributed by atoms with van der Waals surface area (Å²) < 4.78 is 13.2. The number of halogens is 1.